The predicted molar refractivity (Wildman–Crippen MR) is 133 cm³/mol. The molecule has 1 unspecified atom stereocenters. The minimum atomic E-state index is -0.459. The first-order chi connectivity index (χ1) is 16.6. The first-order valence-corrected chi connectivity index (χ1v) is 12.5. The van der Waals surface area contributed by atoms with Crippen LogP contribution in [0.15, 0.2) is 60.2 Å². The van der Waals surface area contributed by atoms with Gasteiger partial charge in [0.1, 0.15) is 6.04 Å². The van der Waals surface area contributed by atoms with E-state index in [9.17, 15) is 9.59 Å². The average Bonchev–Trinajstić information content (AvgIpc) is 3.24. The lowest BCUT2D eigenvalue weighted by Crippen LogP contribution is -2.63. The number of hydrogen-bond acceptors (Lipinski definition) is 2. The summed E-state index contributed by atoms with van der Waals surface area (Å²) in [5.41, 5.74) is 6.94. The molecule has 1 saturated heterocycles. The van der Waals surface area contributed by atoms with Gasteiger partial charge in [0, 0.05) is 29.6 Å². The number of aromatic amines is 1. The van der Waals surface area contributed by atoms with Gasteiger partial charge in [0.2, 0.25) is 11.8 Å². The number of nitrogens with zero attached hydrogens (tertiary/aromatic N) is 2. The van der Waals surface area contributed by atoms with E-state index in [1.165, 1.54) is 29.5 Å². The van der Waals surface area contributed by atoms with Gasteiger partial charge in [-0.25, -0.2) is 0 Å². The van der Waals surface area contributed by atoms with Crippen molar-refractivity contribution in [3.05, 3.63) is 82.6 Å². The van der Waals surface area contributed by atoms with Gasteiger partial charge in [0.05, 0.1) is 12.6 Å². The van der Waals surface area contributed by atoms with Gasteiger partial charge in [-0.3, -0.25) is 9.59 Å². The first-order valence-electron chi connectivity index (χ1n) is 12.5. The number of fused-ring (bicyclic) bond motifs is 4. The lowest BCUT2D eigenvalue weighted by atomic mass is 9.86. The van der Waals surface area contributed by atoms with Crippen molar-refractivity contribution >= 4 is 22.7 Å². The highest BCUT2D eigenvalue weighted by Crippen LogP contribution is 2.42. The van der Waals surface area contributed by atoms with Gasteiger partial charge in [-0.05, 0) is 56.2 Å². The monoisotopic (exact) mass is 453 g/mol. The molecular formula is C29H31N3O2. The molecule has 2 aliphatic heterocycles. The van der Waals surface area contributed by atoms with Crippen LogP contribution < -0.4 is 0 Å². The number of carbonyl (C=O) groups is 2. The Morgan fingerprint density at radius 2 is 1.85 bits per heavy atom. The summed E-state index contributed by atoms with van der Waals surface area (Å²) in [6, 6.07) is 15.9. The molecule has 6 rings (SSSR count). The molecule has 34 heavy (non-hydrogen) atoms. The fourth-order valence-corrected chi connectivity index (χ4v) is 6.02. The highest BCUT2D eigenvalue weighted by Gasteiger charge is 2.48. The zero-order valence-electron chi connectivity index (χ0n) is 19.7. The van der Waals surface area contributed by atoms with E-state index >= 15 is 0 Å². The molecule has 1 fully saturated rings. The third-order valence-electron chi connectivity index (χ3n) is 7.82. The van der Waals surface area contributed by atoms with Gasteiger partial charge < -0.3 is 14.8 Å². The highest BCUT2D eigenvalue weighted by atomic mass is 16.2. The zero-order valence-corrected chi connectivity index (χ0v) is 19.7. The van der Waals surface area contributed by atoms with Crippen LogP contribution in [-0.2, 0) is 16.0 Å². The van der Waals surface area contributed by atoms with E-state index in [0.717, 1.165) is 41.4 Å². The highest BCUT2D eigenvalue weighted by molar-refractivity contribution is 5.97. The summed E-state index contributed by atoms with van der Waals surface area (Å²) in [6.45, 7) is 2.87. The molecule has 0 bridgehead atoms. The van der Waals surface area contributed by atoms with E-state index in [4.69, 9.17) is 0 Å². The summed E-state index contributed by atoms with van der Waals surface area (Å²) >= 11 is 0. The summed E-state index contributed by atoms with van der Waals surface area (Å²) < 4.78 is 0. The smallest absolute Gasteiger partial charge is 0.246 e. The van der Waals surface area contributed by atoms with E-state index in [2.05, 4.69) is 54.4 Å². The van der Waals surface area contributed by atoms with E-state index in [0.29, 0.717) is 13.0 Å². The Bertz CT molecular complexity index is 1290. The van der Waals surface area contributed by atoms with E-state index in [-0.39, 0.29) is 24.4 Å². The molecule has 5 heteroatoms. The second-order valence-electron chi connectivity index (χ2n) is 10.0. The summed E-state index contributed by atoms with van der Waals surface area (Å²) in [4.78, 5) is 34.7. The molecule has 2 aromatic carbocycles. The number of rotatable bonds is 4. The number of nitrogens with one attached hydrogen (secondary N) is 1. The maximum atomic E-state index is 13.8. The van der Waals surface area contributed by atoms with Gasteiger partial charge in [0.15, 0.2) is 0 Å². The summed E-state index contributed by atoms with van der Waals surface area (Å²) in [5, 5.41) is 1.15. The van der Waals surface area contributed by atoms with Crippen LogP contribution in [0, 0.1) is 6.92 Å². The van der Waals surface area contributed by atoms with Crippen molar-refractivity contribution in [3.63, 3.8) is 0 Å². The van der Waals surface area contributed by atoms with Crippen molar-refractivity contribution in [2.75, 3.05) is 13.1 Å². The van der Waals surface area contributed by atoms with Gasteiger partial charge in [0.25, 0.3) is 0 Å². The minimum absolute atomic E-state index is 0.0390. The predicted octanol–water partition coefficient (Wildman–Crippen LogP) is 5.05. The Morgan fingerprint density at radius 1 is 1.03 bits per heavy atom. The van der Waals surface area contributed by atoms with Crippen LogP contribution in [0.3, 0.4) is 0 Å². The normalized spacial score (nSPS) is 22.6. The van der Waals surface area contributed by atoms with Crippen LogP contribution in [0.4, 0.5) is 0 Å². The van der Waals surface area contributed by atoms with Crippen LogP contribution in [-0.4, -0.2) is 45.7 Å². The standard InChI is InChI=1S/C29H31N3O2/c1-19-11-13-21(14-12-19)28-27-23(22-9-5-6-10-24(22)30-27)17-25-29(34)31(18-26(33)32(25)28)16-15-20-7-3-2-4-8-20/h5-7,9-14,25,28,30H,2-4,8,15-18H2,1H3/t25-,28?/m0/s1. The van der Waals surface area contributed by atoms with Crippen LogP contribution in [0.25, 0.3) is 10.9 Å². The Balaban J connectivity index is 1.38. The number of aryl methyl sites for hydroxylation is 1. The van der Waals surface area contributed by atoms with Crippen molar-refractivity contribution in [2.24, 2.45) is 0 Å². The molecule has 1 N–H and O–H groups in total. The number of aromatic nitrogens is 1. The number of para-hydroxylation sites is 1. The van der Waals surface area contributed by atoms with Crippen LogP contribution in [0.2, 0.25) is 0 Å². The molecular weight excluding hydrogens is 422 g/mol. The zero-order chi connectivity index (χ0) is 23.2. The molecule has 3 aromatic rings. The third-order valence-corrected chi connectivity index (χ3v) is 7.82. The molecule has 0 saturated carbocycles. The summed E-state index contributed by atoms with van der Waals surface area (Å²) in [7, 11) is 0. The second-order valence-corrected chi connectivity index (χ2v) is 10.0. The molecule has 174 valence electrons. The van der Waals surface area contributed by atoms with Gasteiger partial charge in [-0.15, -0.1) is 0 Å². The number of carbonyl (C=O) groups excluding carboxylic acids is 2. The number of benzene rings is 2. The molecule has 0 spiro atoms. The second kappa shape index (κ2) is 8.46. The molecule has 1 aliphatic carbocycles. The lowest BCUT2D eigenvalue weighted by Gasteiger charge is -2.47. The Morgan fingerprint density at radius 3 is 2.65 bits per heavy atom. The fraction of sp³-hybridized carbons (Fsp3) is 0.379. The number of amides is 2. The Kier molecular flexibility index (Phi) is 5.28. The minimum Gasteiger partial charge on any atom is -0.356 e. The number of hydrogen-bond donors (Lipinski definition) is 1. The van der Waals surface area contributed by atoms with E-state index in [1.54, 1.807) is 0 Å². The topological polar surface area (TPSA) is 56.4 Å². The molecule has 2 amide bonds. The van der Waals surface area contributed by atoms with Crippen molar-refractivity contribution in [3.8, 4) is 0 Å². The van der Waals surface area contributed by atoms with Gasteiger partial charge in [-0.1, -0.05) is 59.7 Å². The molecule has 0 radical (unpaired) electrons. The van der Waals surface area contributed by atoms with Crippen molar-refractivity contribution in [1.82, 2.24) is 14.8 Å². The van der Waals surface area contributed by atoms with Crippen molar-refractivity contribution in [1.29, 1.82) is 0 Å². The molecule has 1 aromatic heterocycles. The SMILES string of the molecule is Cc1ccc(C2c3[nH]c4ccccc4c3C[C@H]3C(=O)N(CCC4=CCCCC4)CC(=O)N23)cc1. The fourth-order valence-electron chi connectivity index (χ4n) is 6.02. The quantitative estimate of drug-likeness (QED) is 0.562. The van der Waals surface area contributed by atoms with Crippen LogP contribution in [0.5, 0.6) is 0 Å². The average molecular weight is 454 g/mol. The van der Waals surface area contributed by atoms with Crippen LogP contribution >= 0.6 is 0 Å². The molecule has 3 aliphatic rings. The Hall–Kier alpha value is -3.34. The van der Waals surface area contributed by atoms with Gasteiger partial charge >= 0.3 is 0 Å². The molecule has 2 atom stereocenters. The lowest BCUT2D eigenvalue weighted by molar-refractivity contribution is -0.158. The maximum absolute atomic E-state index is 13.8. The maximum Gasteiger partial charge on any atom is 0.246 e. The van der Waals surface area contributed by atoms with Crippen molar-refractivity contribution < 1.29 is 9.59 Å². The molecule has 5 nitrogen and oxygen atoms in total. The first kappa shape index (κ1) is 21.2. The van der Waals surface area contributed by atoms with Crippen molar-refractivity contribution in [2.45, 2.75) is 57.5 Å². The largest absolute Gasteiger partial charge is 0.356 e. The number of H-pyrrole nitrogens is 1. The summed E-state index contributed by atoms with van der Waals surface area (Å²) in [5.74, 6) is 0.126. The van der Waals surface area contributed by atoms with E-state index in [1.807, 2.05) is 21.9 Å². The van der Waals surface area contributed by atoms with E-state index < -0.39 is 6.04 Å². The summed E-state index contributed by atoms with van der Waals surface area (Å²) in [6.07, 6.45) is 8.53. The molecule has 3 heterocycles. The third kappa shape index (κ3) is 3.54. The van der Waals surface area contributed by atoms with Crippen LogP contribution in [0.1, 0.15) is 60.5 Å². The van der Waals surface area contributed by atoms with Gasteiger partial charge in [-0.2, -0.15) is 0 Å². The number of allylic oxidation sites excluding steroid dienone is 1. The number of piperazine rings is 1. The Labute approximate surface area is 200 Å².